The van der Waals surface area contributed by atoms with Crippen molar-refractivity contribution in [2.75, 3.05) is 38.5 Å². The molecule has 2 fully saturated rings. The first-order valence-electron chi connectivity index (χ1n) is 10.8. The Kier molecular flexibility index (Phi) is 5.56. The molecule has 1 amide bonds. The summed E-state index contributed by atoms with van der Waals surface area (Å²) in [4.78, 5) is 26.3. The lowest BCUT2D eigenvalue weighted by Crippen LogP contribution is -2.54. The second kappa shape index (κ2) is 7.95. The number of likely N-dealkylation sites (tertiary alicyclic amines) is 2. The predicted octanol–water partition coefficient (Wildman–Crippen LogP) is 1.64. The molecule has 4 rings (SSSR count). The third-order valence-electron chi connectivity index (χ3n) is 6.75. The van der Waals surface area contributed by atoms with Gasteiger partial charge in [0.25, 0.3) is 5.91 Å². The summed E-state index contributed by atoms with van der Waals surface area (Å²) in [5.74, 6) is 0.215. The zero-order valence-corrected chi connectivity index (χ0v) is 17.0. The van der Waals surface area contributed by atoms with E-state index in [1.165, 1.54) is 0 Å². The Morgan fingerprint density at radius 3 is 2.75 bits per heavy atom. The Morgan fingerprint density at radius 1 is 1.25 bits per heavy atom. The van der Waals surface area contributed by atoms with Gasteiger partial charge in [-0.15, -0.1) is 0 Å². The Bertz CT molecular complexity index is 730. The first-order chi connectivity index (χ1) is 13.5. The number of amides is 1. The van der Waals surface area contributed by atoms with Crippen molar-refractivity contribution in [2.45, 2.75) is 64.4 Å². The SMILES string of the molecule is CCCN1CC(O)CC2(CCN(C(=O)c3nc(N)nc4c3CCCC4)CC2)C1. The molecule has 0 radical (unpaired) electrons. The molecule has 1 unspecified atom stereocenters. The van der Waals surface area contributed by atoms with Gasteiger partial charge in [-0.25, -0.2) is 9.97 Å². The average molecular weight is 388 g/mol. The van der Waals surface area contributed by atoms with E-state index in [4.69, 9.17) is 5.73 Å². The number of hydrogen-bond acceptors (Lipinski definition) is 6. The Balaban J connectivity index is 1.47. The van der Waals surface area contributed by atoms with Gasteiger partial charge in [0.1, 0.15) is 5.69 Å². The molecule has 7 heteroatoms. The zero-order chi connectivity index (χ0) is 19.7. The summed E-state index contributed by atoms with van der Waals surface area (Å²) >= 11 is 0. The number of β-amino-alcohol motifs (C(OH)–C–C–N with tert-alkyl or cyclic N) is 1. The summed E-state index contributed by atoms with van der Waals surface area (Å²) in [7, 11) is 0. The van der Waals surface area contributed by atoms with Crippen molar-refractivity contribution in [1.82, 2.24) is 19.8 Å². The molecule has 1 spiro atoms. The van der Waals surface area contributed by atoms with E-state index < -0.39 is 0 Å². The zero-order valence-electron chi connectivity index (χ0n) is 17.0. The molecular weight excluding hydrogens is 354 g/mol. The molecule has 0 bridgehead atoms. The van der Waals surface area contributed by atoms with Crippen molar-refractivity contribution in [2.24, 2.45) is 5.41 Å². The largest absolute Gasteiger partial charge is 0.392 e. The number of anilines is 1. The molecule has 2 saturated heterocycles. The van der Waals surface area contributed by atoms with Crippen LogP contribution in [0.3, 0.4) is 0 Å². The van der Waals surface area contributed by atoms with Crippen LogP contribution in [0.4, 0.5) is 5.95 Å². The lowest BCUT2D eigenvalue weighted by atomic mass is 9.71. The van der Waals surface area contributed by atoms with Crippen molar-refractivity contribution in [3.63, 3.8) is 0 Å². The van der Waals surface area contributed by atoms with Crippen LogP contribution in [0.15, 0.2) is 0 Å². The fraction of sp³-hybridized carbons (Fsp3) is 0.762. The second-order valence-electron chi connectivity index (χ2n) is 8.95. The highest BCUT2D eigenvalue weighted by molar-refractivity contribution is 5.94. The average Bonchev–Trinajstić information content (AvgIpc) is 2.67. The van der Waals surface area contributed by atoms with Gasteiger partial charge >= 0.3 is 0 Å². The number of piperidine rings is 2. The molecule has 0 saturated carbocycles. The summed E-state index contributed by atoms with van der Waals surface area (Å²) in [5.41, 5.74) is 8.52. The topological polar surface area (TPSA) is 95.6 Å². The Hall–Kier alpha value is -1.73. The van der Waals surface area contributed by atoms with Gasteiger partial charge in [0, 0.05) is 37.4 Å². The molecule has 154 valence electrons. The Morgan fingerprint density at radius 2 is 2.00 bits per heavy atom. The van der Waals surface area contributed by atoms with Crippen LogP contribution < -0.4 is 5.73 Å². The summed E-state index contributed by atoms with van der Waals surface area (Å²) in [6.45, 7) is 6.49. The van der Waals surface area contributed by atoms with E-state index in [2.05, 4.69) is 21.8 Å². The number of rotatable bonds is 3. The lowest BCUT2D eigenvalue weighted by Gasteiger charge is -2.49. The highest BCUT2D eigenvalue weighted by atomic mass is 16.3. The number of fused-ring (bicyclic) bond motifs is 1. The number of nitrogens with zero attached hydrogens (tertiary/aromatic N) is 4. The van der Waals surface area contributed by atoms with Gasteiger partial charge in [0.2, 0.25) is 5.95 Å². The lowest BCUT2D eigenvalue weighted by molar-refractivity contribution is -0.0374. The third-order valence-corrected chi connectivity index (χ3v) is 6.75. The first-order valence-corrected chi connectivity index (χ1v) is 10.8. The number of aliphatic hydroxyl groups excluding tert-OH is 1. The number of aliphatic hydroxyl groups is 1. The number of carbonyl (C=O) groups excluding carboxylic acids is 1. The molecule has 1 atom stereocenters. The maximum atomic E-state index is 13.2. The van der Waals surface area contributed by atoms with Crippen molar-refractivity contribution in [1.29, 1.82) is 0 Å². The second-order valence-corrected chi connectivity index (χ2v) is 8.95. The van der Waals surface area contributed by atoms with Crippen LogP contribution in [0.1, 0.15) is 67.2 Å². The van der Waals surface area contributed by atoms with E-state index >= 15 is 0 Å². The van der Waals surface area contributed by atoms with E-state index in [9.17, 15) is 9.90 Å². The summed E-state index contributed by atoms with van der Waals surface area (Å²) < 4.78 is 0. The number of carbonyl (C=O) groups is 1. The maximum Gasteiger partial charge on any atom is 0.272 e. The quantitative estimate of drug-likeness (QED) is 0.819. The number of aryl methyl sites for hydroxylation is 1. The smallest absolute Gasteiger partial charge is 0.272 e. The molecule has 1 aromatic rings. The standard InChI is InChI=1S/C21H33N5O2/c1-2-9-25-13-15(27)12-21(14-25)7-10-26(11-8-21)19(28)18-16-5-3-4-6-17(16)23-20(22)24-18/h15,27H,2-14H2,1H3,(H2,22,23,24). The molecular formula is C21H33N5O2. The van der Waals surface area contributed by atoms with E-state index in [1.54, 1.807) is 0 Å². The summed E-state index contributed by atoms with van der Waals surface area (Å²) in [6, 6.07) is 0. The van der Waals surface area contributed by atoms with E-state index in [0.717, 1.165) is 95.3 Å². The van der Waals surface area contributed by atoms with Crippen LogP contribution in [0.2, 0.25) is 0 Å². The molecule has 1 aliphatic carbocycles. The van der Waals surface area contributed by atoms with Gasteiger partial charge in [-0.1, -0.05) is 6.92 Å². The number of nitrogens with two attached hydrogens (primary N) is 1. The van der Waals surface area contributed by atoms with Crippen LogP contribution in [-0.4, -0.2) is 69.6 Å². The van der Waals surface area contributed by atoms with Crippen LogP contribution in [0, 0.1) is 5.41 Å². The predicted molar refractivity (Wildman–Crippen MR) is 108 cm³/mol. The molecule has 7 nitrogen and oxygen atoms in total. The van der Waals surface area contributed by atoms with Gasteiger partial charge in [-0.3, -0.25) is 4.79 Å². The first kappa shape index (κ1) is 19.6. The molecule has 2 aliphatic heterocycles. The third kappa shape index (κ3) is 3.87. The van der Waals surface area contributed by atoms with E-state index in [1.807, 2.05) is 4.90 Å². The highest BCUT2D eigenvalue weighted by Crippen LogP contribution is 2.40. The minimum Gasteiger partial charge on any atom is -0.392 e. The molecule has 0 aromatic carbocycles. The molecule has 3 aliphatic rings. The molecule has 1 aromatic heterocycles. The summed E-state index contributed by atoms with van der Waals surface area (Å²) in [6.07, 6.45) is 7.52. The normalized spacial score (nSPS) is 24.9. The highest BCUT2D eigenvalue weighted by Gasteiger charge is 2.42. The molecule has 28 heavy (non-hydrogen) atoms. The molecule has 3 heterocycles. The van der Waals surface area contributed by atoms with Crippen molar-refractivity contribution in [3.05, 3.63) is 17.0 Å². The van der Waals surface area contributed by atoms with Gasteiger partial charge in [0.05, 0.1) is 6.10 Å². The Labute approximate surface area is 167 Å². The fourth-order valence-corrected chi connectivity index (χ4v) is 5.44. The van der Waals surface area contributed by atoms with Crippen molar-refractivity contribution < 1.29 is 9.90 Å². The monoisotopic (exact) mass is 387 g/mol. The van der Waals surface area contributed by atoms with Gasteiger partial charge < -0.3 is 20.6 Å². The number of nitrogen functional groups attached to an aromatic ring is 1. The van der Waals surface area contributed by atoms with Crippen molar-refractivity contribution >= 4 is 11.9 Å². The number of hydrogen-bond donors (Lipinski definition) is 2. The minimum absolute atomic E-state index is 0.00359. The van der Waals surface area contributed by atoms with Crippen molar-refractivity contribution in [3.8, 4) is 0 Å². The minimum atomic E-state index is -0.253. The molecule has 3 N–H and O–H groups in total. The van der Waals surface area contributed by atoms with Crippen LogP contribution >= 0.6 is 0 Å². The summed E-state index contributed by atoms with van der Waals surface area (Å²) in [5, 5.41) is 10.4. The van der Waals surface area contributed by atoms with Gasteiger partial charge in [0.15, 0.2) is 0 Å². The fourth-order valence-electron chi connectivity index (χ4n) is 5.44. The van der Waals surface area contributed by atoms with Crippen LogP contribution in [0.5, 0.6) is 0 Å². The van der Waals surface area contributed by atoms with E-state index in [-0.39, 0.29) is 23.4 Å². The van der Waals surface area contributed by atoms with Crippen LogP contribution in [0.25, 0.3) is 0 Å². The maximum absolute atomic E-state index is 13.2. The van der Waals surface area contributed by atoms with E-state index in [0.29, 0.717) is 5.69 Å². The number of aromatic nitrogens is 2. The van der Waals surface area contributed by atoms with Gasteiger partial charge in [-0.05, 0) is 63.3 Å². The van der Waals surface area contributed by atoms with Gasteiger partial charge in [-0.2, -0.15) is 0 Å². The van der Waals surface area contributed by atoms with Crippen LogP contribution in [-0.2, 0) is 12.8 Å².